The Morgan fingerprint density at radius 3 is 2.78 bits per heavy atom. The van der Waals surface area contributed by atoms with Crippen molar-refractivity contribution in [2.75, 3.05) is 26.8 Å². The summed E-state index contributed by atoms with van der Waals surface area (Å²) < 4.78 is 6.90. The number of fused-ring (bicyclic) bond motifs is 1. The molecule has 1 aromatic rings. The van der Waals surface area contributed by atoms with Gasteiger partial charge in [0.25, 0.3) is 5.91 Å². The second kappa shape index (κ2) is 6.31. The molecule has 1 N–H and O–H groups in total. The van der Waals surface area contributed by atoms with E-state index in [4.69, 9.17) is 4.74 Å². The molecule has 2 heterocycles. The number of aromatic nitrogens is 2. The van der Waals surface area contributed by atoms with Gasteiger partial charge in [-0.25, -0.2) is 4.98 Å². The zero-order valence-corrected chi connectivity index (χ0v) is 13.9. The van der Waals surface area contributed by atoms with E-state index in [2.05, 4.69) is 17.2 Å². The maximum atomic E-state index is 12.5. The summed E-state index contributed by atoms with van der Waals surface area (Å²) in [4.78, 5) is 31.0. The smallest absolute Gasteiger partial charge is 0.271 e. The summed E-state index contributed by atoms with van der Waals surface area (Å²) in [7, 11) is 1.59. The minimum Gasteiger partial charge on any atom is -0.383 e. The van der Waals surface area contributed by atoms with E-state index in [0.717, 1.165) is 12.2 Å². The van der Waals surface area contributed by atoms with Crippen LogP contribution in [0.25, 0.3) is 0 Å². The lowest BCUT2D eigenvalue weighted by Gasteiger charge is -2.34. The standard InChI is InChI=1S/C16H24N4O3/c1-10-8-12(10)16(22)20-6-5-19-9-13(18-14(19)11(20)2)15(21)17-4-7-23-3/h9-12H,4-8H2,1-3H3,(H,17,21). The number of rotatable bonds is 5. The van der Waals surface area contributed by atoms with Crippen molar-refractivity contribution < 1.29 is 14.3 Å². The van der Waals surface area contributed by atoms with Gasteiger partial charge in [0.2, 0.25) is 5.91 Å². The molecule has 2 aliphatic rings. The van der Waals surface area contributed by atoms with Crippen LogP contribution in [0.3, 0.4) is 0 Å². The van der Waals surface area contributed by atoms with Gasteiger partial charge in [0.05, 0.1) is 12.6 Å². The highest BCUT2D eigenvalue weighted by molar-refractivity contribution is 5.92. The van der Waals surface area contributed by atoms with Crippen molar-refractivity contribution in [3.05, 3.63) is 17.7 Å². The molecule has 0 saturated heterocycles. The van der Waals surface area contributed by atoms with Gasteiger partial charge in [-0.15, -0.1) is 0 Å². The lowest BCUT2D eigenvalue weighted by molar-refractivity contribution is -0.136. The Morgan fingerprint density at radius 2 is 2.13 bits per heavy atom. The van der Waals surface area contributed by atoms with E-state index in [9.17, 15) is 9.59 Å². The van der Waals surface area contributed by atoms with Crippen molar-refractivity contribution in [1.29, 1.82) is 0 Å². The van der Waals surface area contributed by atoms with Gasteiger partial charge in [0.1, 0.15) is 11.5 Å². The van der Waals surface area contributed by atoms with E-state index in [1.807, 2.05) is 16.4 Å². The first-order valence-electron chi connectivity index (χ1n) is 8.17. The second-order valence-electron chi connectivity index (χ2n) is 6.45. The molecule has 3 atom stereocenters. The zero-order valence-electron chi connectivity index (χ0n) is 13.9. The highest BCUT2D eigenvalue weighted by Gasteiger charge is 2.44. The highest BCUT2D eigenvalue weighted by atomic mass is 16.5. The quantitative estimate of drug-likeness (QED) is 0.815. The van der Waals surface area contributed by atoms with Crippen LogP contribution < -0.4 is 5.32 Å². The largest absolute Gasteiger partial charge is 0.383 e. The number of hydrogen-bond donors (Lipinski definition) is 1. The van der Waals surface area contributed by atoms with Crippen molar-refractivity contribution in [3.63, 3.8) is 0 Å². The number of ether oxygens (including phenoxy) is 1. The third-order valence-electron chi connectivity index (χ3n) is 4.76. The van der Waals surface area contributed by atoms with Crippen molar-refractivity contribution in [3.8, 4) is 0 Å². The molecule has 3 rings (SSSR count). The minimum absolute atomic E-state index is 0.0930. The molecule has 3 unspecified atom stereocenters. The monoisotopic (exact) mass is 320 g/mol. The molecule has 7 heteroatoms. The molecule has 0 radical (unpaired) electrons. The zero-order chi connectivity index (χ0) is 16.6. The summed E-state index contributed by atoms with van der Waals surface area (Å²) in [5, 5.41) is 2.77. The average molecular weight is 320 g/mol. The lowest BCUT2D eigenvalue weighted by Crippen LogP contribution is -2.42. The number of hydrogen-bond acceptors (Lipinski definition) is 4. The molecule has 0 aromatic carbocycles. The van der Waals surface area contributed by atoms with E-state index in [1.54, 1.807) is 13.3 Å². The Hall–Kier alpha value is -1.89. The first kappa shape index (κ1) is 16.0. The van der Waals surface area contributed by atoms with Crippen molar-refractivity contribution in [2.24, 2.45) is 11.8 Å². The summed E-state index contributed by atoms with van der Waals surface area (Å²) in [6.45, 7) is 6.38. The molecular weight excluding hydrogens is 296 g/mol. The maximum absolute atomic E-state index is 12.5. The molecule has 23 heavy (non-hydrogen) atoms. The van der Waals surface area contributed by atoms with E-state index in [-0.39, 0.29) is 23.8 Å². The second-order valence-corrected chi connectivity index (χ2v) is 6.45. The number of amides is 2. The van der Waals surface area contributed by atoms with Crippen LogP contribution in [-0.4, -0.2) is 53.1 Å². The first-order chi connectivity index (χ1) is 11.0. The summed E-state index contributed by atoms with van der Waals surface area (Å²) in [6.07, 6.45) is 2.76. The van der Waals surface area contributed by atoms with Gasteiger partial charge >= 0.3 is 0 Å². The van der Waals surface area contributed by atoms with Crippen LogP contribution in [0, 0.1) is 11.8 Å². The molecule has 0 spiro atoms. The van der Waals surface area contributed by atoms with Crippen molar-refractivity contribution in [2.45, 2.75) is 32.9 Å². The molecule has 1 fully saturated rings. The fraction of sp³-hybridized carbons (Fsp3) is 0.688. The topological polar surface area (TPSA) is 76.5 Å². The van der Waals surface area contributed by atoms with E-state index in [0.29, 0.717) is 37.9 Å². The van der Waals surface area contributed by atoms with Crippen molar-refractivity contribution >= 4 is 11.8 Å². The predicted octanol–water partition coefficient (Wildman–Crippen LogP) is 0.818. The van der Waals surface area contributed by atoms with Crippen LogP contribution in [0.2, 0.25) is 0 Å². The summed E-state index contributed by atoms with van der Waals surface area (Å²) in [5.74, 6) is 1.49. The molecule has 1 aliphatic heterocycles. The normalized spacial score (nSPS) is 25.9. The molecule has 1 saturated carbocycles. The van der Waals surface area contributed by atoms with Gasteiger partial charge < -0.3 is 19.5 Å². The van der Waals surface area contributed by atoms with Crippen LogP contribution in [0.1, 0.15) is 42.6 Å². The SMILES string of the molecule is COCCNC(=O)c1cn2c(n1)C(C)N(C(=O)C1CC1C)CC2. The molecule has 126 valence electrons. The number of nitrogens with zero attached hydrogens (tertiary/aromatic N) is 3. The van der Waals surface area contributed by atoms with Gasteiger partial charge in [-0.05, 0) is 19.3 Å². The van der Waals surface area contributed by atoms with Crippen molar-refractivity contribution in [1.82, 2.24) is 19.8 Å². The van der Waals surface area contributed by atoms with Gasteiger partial charge in [-0.2, -0.15) is 0 Å². The van der Waals surface area contributed by atoms with E-state index in [1.165, 1.54) is 0 Å². The van der Waals surface area contributed by atoms with Gasteiger partial charge in [-0.1, -0.05) is 6.92 Å². The fourth-order valence-corrected chi connectivity index (χ4v) is 3.14. The number of carbonyl (C=O) groups is 2. The Bertz CT molecular complexity index is 612. The Balaban J connectivity index is 1.70. The molecule has 0 bridgehead atoms. The van der Waals surface area contributed by atoms with Gasteiger partial charge in [-0.3, -0.25) is 9.59 Å². The Labute approximate surface area is 136 Å². The Kier molecular flexibility index (Phi) is 4.39. The molecule has 1 aromatic heterocycles. The first-order valence-corrected chi connectivity index (χ1v) is 8.17. The number of carbonyl (C=O) groups excluding carboxylic acids is 2. The van der Waals surface area contributed by atoms with E-state index < -0.39 is 0 Å². The number of nitrogens with one attached hydrogen (secondary N) is 1. The maximum Gasteiger partial charge on any atom is 0.271 e. The summed E-state index contributed by atoms with van der Waals surface area (Å²) in [5.41, 5.74) is 0.400. The minimum atomic E-state index is -0.204. The third-order valence-corrected chi connectivity index (χ3v) is 4.76. The molecule has 2 amide bonds. The highest BCUT2D eigenvalue weighted by Crippen LogP contribution is 2.41. The van der Waals surface area contributed by atoms with Crippen LogP contribution in [0.5, 0.6) is 0 Å². The van der Waals surface area contributed by atoms with Crippen LogP contribution in [0.4, 0.5) is 0 Å². The Morgan fingerprint density at radius 1 is 1.39 bits per heavy atom. The molecule has 7 nitrogen and oxygen atoms in total. The van der Waals surface area contributed by atoms with Crippen LogP contribution in [-0.2, 0) is 16.1 Å². The van der Waals surface area contributed by atoms with Gasteiger partial charge in [0.15, 0.2) is 0 Å². The average Bonchev–Trinajstić information content (AvgIpc) is 3.09. The fourth-order valence-electron chi connectivity index (χ4n) is 3.14. The molecular formula is C16H24N4O3. The van der Waals surface area contributed by atoms with Gasteiger partial charge in [0, 0.05) is 38.9 Å². The summed E-state index contributed by atoms with van der Waals surface area (Å²) >= 11 is 0. The van der Waals surface area contributed by atoms with Crippen LogP contribution in [0.15, 0.2) is 6.20 Å². The lowest BCUT2D eigenvalue weighted by atomic mass is 10.1. The third kappa shape index (κ3) is 3.10. The number of methoxy groups -OCH3 is 1. The van der Waals surface area contributed by atoms with E-state index >= 15 is 0 Å². The predicted molar refractivity (Wildman–Crippen MR) is 83.8 cm³/mol. The molecule has 1 aliphatic carbocycles. The van der Waals surface area contributed by atoms with Crippen LogP contribution >= 0.6 is 0 Å². The summed E-state index contributed by atoms with van der Waals surface area (Å²) in [6, 6.07) is -0.0930. The number of imidazole rings is 1.